The highest BCUT2D eigenvalue weighted by Gasteiger charge is 2.09. The molecule has 0 amide bonds. The zero-order valence-electron chi connectivity index (χ0n) is 14.4. The van der Waals surface area contributed by atoms with Gasteiger partial charge >= 0.3 is 0 Å². The van der Waals surface area contributed by atoms with Crippen LogP contribution >= 0.6 is 38.5 Å². The van der Waals surface area contributed by atoms with Gasteiger partial charge in [-0.15, -0.1) is 0 Å². The largest absolute Gasteiger partial charge is 0.493 e. The fourth-order valence-electron chi connectivity index (χ4n) is 2.54. The minimum Gasteiger partial charge on any atom is -0.493 e. The summed E-state index contributed by atoms with van der Waals surface area (Å²) in [7, 11) is 0. The summed E-state index contributed by atoms with van der Waals surface area (Å²) in [5.41, 5.74) is 1.39. The fourth-order valence-corrected chi connectivity index (χ4v) is 3.59. The monoisotopic (exact) mass is 525 g/mol. The van der Waals surface area contributed by atoms with Crippen molar-refractivity contribution in [2.75, 3.05) is 6.61 Å². The zero-order chi connectivity index (χ0) is 18.7. The molecular formula is C19H17BrIN3O2. The molecule has 0 saturated carbocycles. The number of halogens is 2. The molecule has 0 aliphatic heterocycles. The Hall–Kier alpha value is -1.74. The lowest BCUT2D eigenvalue weighted by molar-refractivity contribution is 0.338. The summed E-state index contributed by atoms with van der Waals surface area (Å²) in [5, 5.41) is 4.94. The summed E-state index contributed by atoms with van der Waals surface area (Å²) in [6.07, 6.45) is 2.28. The number of rotatable bonds is 5. The molecule has 0 N–H and O–H groups in total. The van der Waals surface area contributed by atoms with E-state index < -0.39 is 0 Å². The molecule has 0 aliphatic rings. The Morgan fingerprint density at radius 2 is 2.08 bits per heavy atom. The van der Waals surface area contributed by atoms with Crippen LogP contribution in [0.2, 0.25) is 0 Å². The van der Waals surface area contributed by atoms with Crippen LogP contribution < -0.4 is 10.3 Å². The van der Waals surface area contributed by atoms with E-state index >= 15 is 0 Å². The van der Waals surface area contributed by atoms with Gasteiger partial charge in [0.2, 0.25) is 0 Å². The first-order valence-corrected chi connectivity index (χ1v) is 10.1. The molecule has 0 radical (unpaired) electrons. The molecule has 26 heavy (non-hydrogen) atoms. The first-order valence-electron chi connectivity index (χ1n) is 8.21. The van der Waals surface area contributed by atoms with Crippen LogP contribution in [0.25, 0.3) is 10.9 Å². The molecule has 7 heteroatoms. The van der Waals surface area contributed by atoms with Gasteiger partial charge in [0.05, 0.1) is 27.3 Å². The number of aromatic nitrogens is 2. The van der Waals surface area contributed by atoms with Crippen LogP contribution in [0.3, 0.4) is 0 Å². The maximum absolute atomic E-state index is 12.9. The summed E-state index contributed by atoms with van der Waals surface area (Å²) >= 11 is 5.63. The average molecular weight is 526 g/mol. The van der Waals surface area contributed by atoms with Gasteiger partial charge in [-0.1, -0.05) is 22.9 Å². The zero-order valence-corrected chi connectivity index (χ0v) is 18.1. The lowest BCUT2D eigenvalue weighted by Crippen LogP contribution is -2.22. The molecule has 0 aliphatic carbocycles. The molecule has 3 aromatic rings. The number of fused-ring (bicyclic) bond motifs is 1. The Bertz CT molecular complexity index is 1050. The number of ether oxygens (including phenoxy) is 1. The number of hydrogen-bond donors (Lipinski definition) is 0. The second-order valence-electron chi connectivity index (χ2n) is 5.53. The maximum atomic E-state index is 12.9. The van der Waals surface area contributed by atoms with Gasteiger partial charge < -0.3 is 4.74 Å². The van der Waals surface area contributed by atoms with Crippen molar-refractivity contribution in [2.24, 2.45) is 5.10 Å². The second-order valence-corrected chi connectivity index (χ2v) is 7.61. The summed E-state index contributed by atoms with van der Waals surface area (Å²) in [4.78, 5) is 17.4. The standard InChI is InChI=1S/C19H17BrIN3O2/c1-3-18-23-16-7-6-13(20)10-14(16)19(25)24(18)22-11-12-5-8-17(26-4-2)15(21)9-12/h5-11H,3-4H2,1-2H3. The van der Waals surface area contributed by atoms with Crippen LogP contribution in [0.4, 0.5) is 0 Å². The van der Waals surface area contributed by atoms with Crippen molar-refractivity contribution >= 4 is 55.6 Å². The van der Waals surface area contributed by atoms with E-state index in [0.717, 1.165) is 19.4 Å². The van der Waals surface area contributed by atoms with Crippen molar-refractivity contribution < 1.29 is 4.74 Å². The van der Waals surface area contributed by atoms with Crippen molar-refractivity contribution in [2.45, 2.75) is 20.3 Å². The van der Waals surface area contributed by atoms with Gasteiger partial charge in [0.15, 0.2) is 0 Å². The third-order valence-electron chi connectivity index (χ3n) is 3.77. The molecule has 1 aromatic heterocycles. The molecule has 0 bridgehead atoms. The molecular weight excluding hydrogens is 509 g/mol. The number of nitrogens with zero attached hydrogens (tertiary/aromatic N) is 3. The van der Waals surface area contributed by atoms with E-state index in [1.54, 1.807) is 12.3 Å². The van der Waals surface area contributed by atoms with Gasteiger partial charge in [-0.05, 0) is 71.5 Å². The molecule has 0 spiro atoms. The molecule has 2 aromatic carbocycles. The highest BCUT2D eigenvalue weighted by Crippen LogP contribution is 2.21. The van der Waals surface area contributed by atoms with Crippen molar-refractivity contribution in [3.05, 3.63) is 66.2 Å². The van der Waals surface area contributed by atoms with Gasteiger partial charge in [0, 0.05) is 10.9 Å². The fraction of sp³-hybridized carbons (Fsp3) is 0.211. The van der Waals surface area contributed by atoms with E-state index in [-0.39, 0.29) is 5.56 Å². The lowest BCUT2D eigenvalue weighted by Gasteiger charge is -2.08. The van der Waals surface area contributed by atoms with Crippen LogP contribution in [-0.2, 0) is 6.42 Å². The summed E-state index contributed by atoms with van der Waals surface area (Å²) in [5.74, 6) is 1.47. The maximum Gasteiger partial charge on any atom is 0.282 e. The first-order chi connectivity index (χ1) is 12.5. The van der Waals surface area contributed by atoms with Gasteiger partial charge in [0.25, 0.3) is 5.56 Å². The third kappa shape index (κ3) is 3.98. The quantitative estimate of drug-likeness (QED) is 0.361. The van der Waals surface area contributed by atoms with E-state index in [2.05, 4.69) is 48.6 Å². The van der Waals surface area contributed by atoms with Crippen LogP contribution in [-0.4, -0.2) is 22.5 Å². The normalized spacial score (nSPS) is 11.4. The number of hydrogen-bond acceptors (Lipinski definition) is 4. The van der Waals surface area contributed by atoms with Crippen LogP contribution in [0.15, 0.2) is 50.8 Å². The Kier molecular flexibility index (Phi) is 6.08. The van der Waals surface area contributed by atoms with Gasteiger partial charge in [-0.25, -0.2) is 4.98 Å². The molecule has 5 nitrogen and oxygen atoms in total. The van der Waals surface area contributed by atoms with Crippen molar-refractivity contribution in [1.29, 1.82) is 0 Å². The second kappa shape index (κ2) is 8.30. The van der Waals surface area contributed by atoms with Crippen LogP contribution in [0.1, 0.15) is 25.2 Å². The minimum absolute atomic E-state index is 0.176. The predicted octanol–water partition coefficient (Wildman–Crippen LogP) is 4.61. The van der Waals surface area contributed by atoms with E-state index in [0.29, 0.717) is 29.8 Å². The van der Waals surface area contributed by atoms with E-state index in [1.807, 2.05) is 44.2 Å². The molecule has 134 valence electrons. The number of benzene rings is 2. The lowest BCUT2D eigenvalue weighted by atomic mass is 10.2. The van der Waals surface area contributed by atoms with Gasteiger partial charge in [0.1, 0.15) is 11.6 Å². The summed E-state index contributed by atoms with van der Waals surface area (Å²) in [6.45, 7) is 4.53. The smallest absolute Gasteiger partial charge is 0.282 e. The topological polar surface area (TPSA) is 56.5 Å². The van der Waals surface area contributed by atoms with Crippen molar-refractivity contribution in [3.8, 4) is 5.75 Å². The average Bonchev–Trinajstić information content (AvgIpc) is 2.63. The van der Waals surface area contributed by atoms with Gasteiger partial charge in [-0.2, -0.15) is 9.78 Å². The highest BCUT2D eigenvalue weighted by molar-refractivity contribution is 14.1. The predicted molar refractivity (Wildman–Crippen MR) is 116 cm³/mol. The van der Waals surface area contributed by atoms with Crippen molar-refractivity contribution in [3.63, 3.8) is 0 Å². The number of aryl methyl sites for hydroxylation is 1. The molecule has 0 atom stereocenters. The summed E-state index contributed by atoms with van der Waals surface area (Å²) < 4.78 is 8.76. The van der Waals surface area contributed by atoms with Crippen LogP contribution in [0.5, 0.6) is 5.75 Å². The SMILES string of the molecule is CCOc1ccc(C=Nn2c(CC)nc3ccc(Br)cc3c2=O)cc1I. The molecule has 1 heterocycles. The molecule has 0 unspecified atom stereocenters. The summed E-state index contributed by atoms with van der Waals surface area (Å²) in [6, 6.07) is 11.3. The van der Waals surface area contributed by atoms with Crippen LogP contribution in [0, 0.1) is 3.57 Å². The molecule has 3 rings (SSSR count). The van der Waals surface area contributed by atoms with E-state index in [9.17, 15) is 4.79 Å². The highest BCUT2D eigenvalue weighted by atomic mass is 127. The Balaban J connectivity index is 2.05. The van der Waals surface area contributed by atoms with Gasteiger partial charge in [-0.3, -0.25) is 4.79 Å². The van der Waals surface area contributed by atoms with E-state index in [1.165, 1.54) is 4.68 Å². The molecule has 0 saturated heterocycles. The van der Waals surface area contributed by atoms with Crippen molar-refractivity contribution in [1.82, 2.24) is 9.66 Å². The van der Waals surface area contributed by atoms with E-state index in [4.69, 9.17) is 4.74 Å². The Labute approximate surface area is 173 Å². The Morgan fingerprint density at radius 1 is 1.27 bits per heavy atom. The third-order valence-corrected chi connectivity index (χ3v) is 5.11. The minimum atomic E-state index is -0.176. The Morgan fingerprint density at radius 3 is 2.77 bits per heavy atom. The first kappa shape index (κ1) is 19.0. The molecule has 0 fully saturated rings.